The van der Waals surface area contributed by atoms with Crippen molar-refractivity contribution < 1.29 is 59.4 Å². The standard InChI is InChI=1S/C20H41NO12/c1-29-11-14-17(26)18(27)19(28)20(33-14)32-10-13(23)16(25)15(24)12(22)4-2-3-6-30-8-9-31-7-5-21/h12-20,22-28H,2-11,21H2,1H3/t12?,13?,14?,15-,16-,17-,18+,19?,20+/m1/s1. The Hall–Kier alpha value is -0.520. The lowest BCUT2D eigenvalue weighted by molar-refractivity contribution is -0.307. The minimum Gasteiger partial charge on any atom is -0.390 e. The average Bonchev–Trinajstić information content (AvgIpc) is 2.81. The number of aliphatic hydroxyl groups is 7. The number of hydrogen-bond donors (Lipinski definition) is 8. The van der Waals surface area contributed by atoms with E-state index in [1.165, 1.54) is 7.11 Å². The molecule has 0 spiro atoms. The van der Waals surface area contributed by atoms with Crippen molar-refractivity contribution in [2.45, 2.75) is 74.4 Å². The lowest BCUT2D eigenvalue weighted by Gasteiger charge is -2.40. The van der Waals surface area contributed by atoms with Gasteiger partial charge in [-0.1, -0.05) is 0 Å². The fourth-order valence-electron chi connectivity index (χ4n) is 3.24. The first-order valence-corrected chi connectivity index (χ1v) is 11.1. The highest BCUT2D eigenvalue weighted by molar-refractivity contribution is 4.89. The molecular formula is C20H41NO12. The Morgan fingerprint density at radius 2 is 1.45 bits per heavy atom. The minimum atomic E-state index is -1.73. The van der Waals surface area contributed by atoms with Gasteiger partial charge in [-0.15, -0.1) is 0 Å². The first-order chi connectivity index (χ1) is 15.7. The number of methoxy groups -OCH3 is 1. The van der Waals surface area contributed by atoms with Crippen LogP contribution in [0.2, 0.25) is 0 Å². The molecule has 0 saturated carbocycles. The number of rotatable bonds is 18. The lowest BCUT2D eigenvalue weighted by atomic mass is 9.98. The number of ether oxygens (including phenoxy) is 5. The highest BCUT2D eigenvalue weighted by Crippen LogP contribution is 2.23. The Kier molecular flexibility index (Phi) is 15.7. The van der Waals surface area contributed by atoms with Gasteiger partial charge in [0.1, 0.15) is 42.7 Å². The van der Waals surface area contributed by atoms with Crippen LogP contribution in [0.1, 0.15) is 19.3 Å². The fourth-order valence-corrected chi connectivity index (χ4v) is 3.24. The predicted octanol–water partition coefficient (Wildman–Crippen LogP) is -3.94. The van der Waals surface area contributed by atoms with Gasteiger partial charge < -0.3 is 65.2 Å². The second-order valence-corrected chi connectivity index (χ2v) is 7.93. The van der Waals surface area contributed by atoms with E-state index in [4.69, 9.17) is 29.4 Å². The van der Waals surface area contributed by atoms with E-state index in [1.54, 1.807) is 0 Å². The highest BCUT2D eigenvalue weighted by atomic mass is 16.7. The average molecular weight is 488 g/mol. The SMILES string of the molecule is COCC1O[C@H](OCC(O)[C@@H](O)[C@H](O)C(O)CCCCOCCOCCN)C(O)[C@@H](O)[C@@H]1O. The highest BCUT2D eigenvalue weighted by Gasteiger charge is 2.44. The Labute approximate surface area is 193 Å². The van der Waals surface area contributed by atoms with Crippen molar-refractivity contribution in [1.29, 1.82) is 0 Å². The van der Waals surface area contributed by atoms with Crippen LogP contribution in [0.15, 0.2) is 0 Å². The summed E-state index contributed by atoms with van der Waals surface area (Å²) in [6.07, 6.45) is -11.9. The molecule has 9 atom stereocenters. The summed E-state index contributed by atoms with van der Waals surface area (Å²) in [6, 6.07) is 0. The van der Waals surface area contributed by atoms with Crippen molar-refractivity contribution >= 4 is 0 Å². The smallest absolute Gasteiger partial charge is 0.186 e. The number of hydrogen-bond acceptors (Lipinski definition) is 13. The van der Waals surface area contributed by atoms with Crippen LogP contribution in [-0.4, -0.2) is 144 Å². The van der Waals surface area contributed by atoms with Gasteiger partial charge in [-0.3, -0.25) is 0 Å². The molecular weight excluding hydrogens is 446 g/mol. The molecule has 33 heavy (non-hydrogen) atoms. The van der Waals surface area contributed by atoms with Crippen molar-refractivity contribution in [1.82, 2.24) is 0 Å². The zero-order valence-corrected chi connectivity index (χ0v) is 19.0. The van der Waals surface area contributed by atoms with Crippen LogP contribution in [0.3, 0.4) is 0 Å². The molecule has 0 aromatic rings. The maximum Gasteiger partial charge on any atom is 0.186 e. The number of nitrogens with two attached hydrogens (primary N) is 1. The van der Waals surface area contributed by atoms with Crippen LogP contribution >= 0.6 is 0 Å². The summed E-state index contributed by atoms with van der Waals surface area (Å²) in [5, 5.41) is 70.2. The molecule has 0 aliphatic carbocycles. The van der Waals surface area contributed by atoms with Gasteiger partial charge in [0, 0.05) is 20.3 Å². The lowest BCUT2D eigenvalue weighted by Crippen LogP contribution is -2.59. The topological polar surface area (TPSA) is 214 Å². The third-order valence-electron chi connectivity index (χ3n) is 5.24. The zero-order valence-electron chi connectivity index (χ0n) is 19.0. The molecule has 13 heteroatoms. The second-order valence-electron chi connectivity index (χ2n) is 7.93. The molecule has 1 aliphatic heterocycles. The van der Waals surface area contributed by atoms with Gasteiger partial charge in [0.05, 0.1) is 39.1 Å². The summed E-state index contributed by atoms with van der Waals surface area (Å²) in [5.41, 5.74) is 5.29. The minimum absolute atomic E-state index is 0.0754. The quantitative estimate of drug-likeness (QED) is 0.0868. The molecule has 1 aliphatic rings. The predicted molar refractivity (Wildman–Crippen MR) is 113 cm³/mol. The van der Waals surface area contributed by atoms with Gasteiger partial charge in [-0.25, -0.2) is 0 Å². The largest absolute Gasteiger partial charge is 0.390 e. The van der Waals surface area contributed by atoms with E-state index >= 15 is 0 Å². The van der Waals surface area contributed by atoms with Crippen LogP contribution in [0, 0.1) is 0 Å². The number of unbranched alkanes of at least 4 members (excludes halogenated alkanes) is 1. The molecule has 0 bridgehead atoms. The Morgan fingerprint density at radius 1 is 0.818 bits per heavy atom. The van der Waals surface area contributed by atoms with Gasteiger partial charge in [0.25, 0.3) is 0 Å². The van der Waals surface area contributed by atoms with Crippen LogP contribution in [0.25, 0.3) is 0 Å². The molecule has 0 amide bonds. The molecule has 1 fully saturated rings. The van der Waals surface area contributed by atoms with Crippen molar-refractivity contribution in [3.05, 3.63) is 0 Å². The van der Waals surface area contributed by atoms with Gasteiger partial charge in [-0.05, 0) is 19.3 Å². The van der Waals surface area contributed by atoms with Crippen LogP contribution in [0.5, 0.6) is 0 Å². The summed E-state index contributed by atoms with van der Waals surface area (Å²) >= 11 is 0. The van der Waals surface area contributed by atoms with Crippen LogP contribution in [-0.2, 0) is 23.7 Å². The van der Waals surface area contributed by atoms with Crippen molar-refractivity contribution in [2.75, 3.05) is 53.3 Å². The van der Waals surface area contributed by atoms with Crippen molar-refractivity contribution in [3.63, 3.8) is 0 Å². The van der Waals surface area contributed by atoms with Gasteiger partial charge in [-0.2, -0.15) is 0 Å². The van der Waals surface area contributed by atoms with Crippen LogP contribution in [0.4, 0.5) is 0 Å². The van der Waals surface area contributed by atoms with Crippen LogP contribution < -0.4 is 5.73 Å². The fraction of sp³-hybridized carbons (Fsp3) is 1.00. The summed E-state index contributed by atoms with van der Waals surface area (Å²) in [7, 11) is 1.36. The number of aliphatic hydroxyl groups excluding tert-OH is 7. The normalized spacial score (nSPS) is 29.5. The Bertz CT molecular complexity index is 490. The Morgan fingerprint density at radius 3 is 2.09 bits per heavy atom. The van der Waals surface area contributed by atoms with Crippen molar-refractivity contribution in [2.24, 2.45) is 5.73 Å². The van der Waals surface area contributed by atoms with E-state index < -0.39 is 61.7 Å². The molecule has 1 rings (SSSR count). The van der Waals surface area contributed by atoms with E-state index in [1.807, 2.05) is 0 Å². The van der Waals surface area contributed by atoms with E-state index in [0.717, 1.165) is 0 Å². The first-order valence-electron chi connectivity index (χ1n) is 11.1. The summed E-state index contributed by atoms with van der Waals surface area (Å²) < 4.78 is 26.0. The van der Waals surface area contributed by atoms with Gasteiger partial charge >= 0.3 is 0 Å². The molecule has 0 aromatic heterocycles. The summed E-state index contributed by atoms with van der Waals surface area (Å²) in [4.78, 5) is 0. The van der Waals surface area contributed by atoms with E-state index in [2.05, 4.69) is 0 Å². The molecule has 1 saturated heterocycles. The summed E-state index contributed by atoms with van der Waals surface area (Å²) in [5.74, 6) is 0. The van der Waals surface area contributed by atoms with Gasteiger partial charge in [0.2, 0.25) is 0 Å². The zero-order chi connectivity index (χ0) is 24.8. The van der Waals surface area contributed by atoms with Crippen molar-refractivity contribution in [3.8, 4) is 0 Å². The molecule has 13 nitrogen and oxygen atoms in total. The third-order valence-corrected chi connectivity index (χ3v) is 5.24. The maximum absolute atomic E-state index is 10.1. The monoisotopic (exact) mass is 487 g/mol. The van der Waals surface area contributed by atoms with E-state index in [9.17, 15) is 35.7 Å². The first kappa shape index (κ1) is 30.5. The summed E-state index contributed by atoms with van der Waals surface area (Å²) in [6.45, 7) is 1.59. The molecule has 0 aromatic carbocycles. The molecule has 0 radical (unpaired) electrons. The molecule has 9 N–H and O–H groups in total. The third kappa shape index (κ3) is 10.7. The van der Waals surface area contributed by atoms with E-state index in [0.29, 0.717) is 45.8 Å². The Balaban J connectivity index is 2.31. The molecule has 198 valence electrons. The van der Waals surface area contributed by atoms with Gasteiger partial charge in [0.15, 0.2) is 6.29 Å². The maximum atomic E-state index is 10.1. The van der Waals surface area contributed by atoms with E-state index in [-0.39, 0.29) is 13.0 Å². The molecule has 4 unspecified atom stereocenters. The second kappa shape index (κ2) is 17.0. The molecule has 1 heterocycles.